The first-order valence-corrected chi connectivity index (χ1v) is 6.87. The summed E-state index contributed by atoms with van der Waals surface area (Å²) in [6.45, 7) is -0.157. The van der Waals surface area contributed by atoms with E-state index >= 15 is 0 Å². The maximum Gasteiger partial charge on any atom is 0.337 e. The first-order chi connectivity index (χ1) is 11.1. The highest BCUT2D eigenvalue weighted by atomic mass is 16.5. The van der Waals surface area contributed by atoms with Crippen molar-refractivity contribution in [3.8, 4) is 11.5 Å². The van der Waals surface area contributed by atoms with Gasteiger partial charge in [0.1, 0.15) is 11.5 Å². The maximum atomic E-state index is 11.9. The largest absolute Gasteiger partial charge is 0.497 e. The molecule has 0 heterocycles. The van der Waals surface area contributed by atoms with Crippen molar-refractivity contribution in [3.63, 3.8) is 0 Å². The van der Waals surface area contributed by atoms with Crippen LogP contribution >= 0.6 is 0 Å². The molecule has 1 N–H and O–H groups in total. The van der Waals surface area contributed by atoms with E-state index in [2.05, 4.69) is 10.1 Å². The van der Waals surface area contributed by atoms with E-state index in [9.17, 15) is 9.59 Å². The lowest BCUT2D eigenvalue weighted by Gasteiger charge is -2.09. The van der Waals surface area contributed by atoms with Crippen LogP contribution in [0.15, 0.2) is 48.5 Å². The molecular weight excluding hydrogens is 298 g/mol. The fourth-order valence-corrected chi connectivity index (χ4v) is 1.88. The van der Waals surface area contributed by atoms with Gasteiger partial charge in [-0.15, -0.1) is 0 Å². The number of carbonyl (C=O) groups excluding carboxylic acids is 2. The van der Waals surface area contributed by atoms with E-state index in [1.54, 1.807) is 49.6 Å². The third-order valence-corrected chi connectivity index (χ3v) is 2.98. The molecule has 0 radical (unpaired) electrons. The summed E-state index contributed by atoms with van der Waals surface area (Å²) in [5.74, 6) is 0.375. The van der Waals surface area contributed by atoms with Crippen LogP contribution in [0.2, 0.25) is 0 Å². The Bertz CT molecular complexity index is 699. The zero-order valence-electron chi connectivity index (χ0n) is 12.9. The summed E-state index contributed by atoms with van der Waals surface area (Å²) in [7, 11) is 2.86. The van der Waals surface area contributed by atoms with Crippen LogP contribution < -0.4 is 14.8 Å². The van der Waals surface area contributed by atoms with Crippen molar-refractivity contribution in [2.75, 3.05) is 26.1 Å². The van der Waals surface area contributed by atoms with Crippen molar-refractivity contribution in [1.82, 2.24) is 0 Å². The standard InChI is InChI=1S/C17H17NO5/c1-21-14-7-4-8-15(10-14)23-11-16(19)18-13-6-3-5-12(9-13)17(20)22-2/h3-10H,11H2,1-2H3,(H,18,19). The first-order valence-electron chi connectivity index (χ1n) is 6.87. The van der Waals surface area contributed by atoms with Crippen molar-refractivity contribution in [2.45, 2.75) is 0 Å². The van der Waals surface area contributed by atoms with Gasteiger partial charge >= 0.3 is 5.97 Å². The summed E-state index contributed by atoms with van der Waals surface area (Å²) < 4.78 is 15.1. The lowest BCUT2D eigenvalue weighted by molar-refractivity contribution is -0.118. The van der Waals surface area contributed by atoms with E-state index in [1.165, 1.54) is 13.2 Å². The van der Waals surface area contributed by atoms with Gasteiger partial charge in [-0.1, -0.05) is 12.1 Å². The van der Waals surface area contributed by atoms with E-state index in [0.29, 0.717) is 22.7 Å². The predicted molar refractivity (Wildman–Crippen MR) is 84.9 cm³/mol. The molecule has 0 saturated carbocycles. The number of hydrogen-bond donors (Lipinski definition) is 1. The van der Waals surface area contributed by atoms with Crippen LogP contribution in [-0.2, 0) is 9.53 Å². The molecule has 23 heavy (non-hydrogen) atoms. The van der Waals surface area contributed by atoms with Crippen LogP contribution in [-0.4, -0.2) is 32.7 Å². The molecule has 0 fully saturated rings. The zero-order valence-corrected chi connectivity index (χ0v) is 12.9. The predicted octanol–water partition coefficient (Wildman–Crippen LogP) is 2.50. The van der Waals surface area contributed by atoms with Gasteiger partial charge in [-0.05, 0) is 30.3 Å². The van der Waals surface area contributed by atoms with Gasteiger partial charge in [0.25, 0.3) is 5.91 Å². The number of carbonyl (C=O) groups is 2. The molecule has 2 rings (SSSR count). The highest BCUT2D eigenvalue weighted by Crippen LogP contribution is 2.19. The third-order valence-electron chi connectivity index (χ3n) is 2.98. The fraction of sp³-hybridized carbons (Fsp3) is 0.176. The molecule has 0 spiro atoms. The monoisotopic (exact) mass is 315 g/mol. The number of anilines is 1. The van der Waals surface area contributed by atoms with Gasteiger partial charge in [-0.3, -0.25) is 4.79 Å². The molecule has 0 saturated heterocycles. The second-order valence-corrected chi connectivity index (χ2v) is 4.59. The van der Waals surface area contributed by atoms with Crippen LogP contribution in [0.4, 0.5) is 5.69 Å². The number of rotatable bonds is 6. The van der Waals surface area contributed by atoms with Crippen LogP contribution in [0.1, 0.15) is 10.4 Å². The van der Waals surface area contributed by atoms with Gasteiger partial charge in [0.05, 0.1) is 19.8 Å². The average molecular weight is 315 g/mol. The van der Waals surface area contributed by atoms with Crippen molar-refractivity contribution >= 4 is 17.6 Å². The molecule has 0 bridgehead atoms. The number of nitrogens with one attached hydrogen (secondary N) is 1. The zero-order chi connectivity index (χ0) is 16.7. The molecule has 0 atom stereocenters. The highest BCUT2D eigenvalue weighted by molar-refractivity contribution is 5.95. The molecular formula is C17H17NO5. The Morgan fingerprint density at radius 1 is 1.00 bits per heavy atom. The van der Waals surface area contributed by atoms with E-state index in [0.717, 1.165) is 0 Å². The van der Waals surface area contributed by atoms with Gasteiger partial charge < -0.3 is 19.5 Å². The van der Waals surface area contributed by atoms with Crippen molar-refractivity contribution in [1.29, 1.82) is 0 Å². The summed E-state index contributed by atoms with van der Waals surface area (Å²) >= 11 is 0. The van der Waals surface area contributed by atoms with Crippen molar-refractivity contribution in [3.05, 3.63) is 54.1 Å². The van der Waals surface area contributed by atoms with Crippen molar-refractivity contribution in [2.24, 2.45) is 0 Å². The minimum atomic E-state index is -0.464. The molecule has 0 aliphatic rings. The summed E-state index contributed by atoms with van der Waals surface area (Å²) in [5, 5.41) is 2.66. The van der Waals surface area contributed by atoms with Crippen LogP contribution in [0.25, 0.3) is 0 Å². The molecule has 0 unspecified atom stereocenters. The molecule has 0 aliphatic heterocycles. The Hall–Kier alpha value is -3.02. The normalized spacial score (nSPS) is 9.83. The molecule has 6 heteroatoms. The Labute approximate surface area is 134 Å². The molecule has 6 nitrogen and oxygen atoms in total. The van der Waals surface area contributed by atoms with Gasteiger partial charge in [-0.25, -0.2) is 4.79 Å². The van der Waals surface area contributed by atoms with E-state index in [4.69, 9.17) is 9.47 Å². The average Bonchev–Trinajstić information content (AvgIpc) is 2.59. The van der Waals surface area contributed by atoms with Gasteiger partial charge in [0.15, 0.2) is 6.61 Å². The van der Waals surface area contributed by atoms with E-state index < -0.39 is 5.97 Å². The second-order valence-electron chi connectivity index (χ2n) is 4.59. The lowest BCUT2D eigenvalue weighted by Crippen LogP contribution is -2.20. The minimum Gasteiger partial charge on any atom is -0.497 e. The van der Waals surface area contributed by atoms with Crippen LogP contribution in [0.5, 0.6) is 11.5 Å². The topological polar surface area (TPSA) is 73.9 Å². The number of amides is 1. The molecule has 2 aromatic rings. The van der Waals surface area contributed by atoms with Gasteiger partial charge in [-0.2, -0.15) is 0 Å². The van der Waals surface area contributed by atoms with E-state index in [1.807, 2.05) is 0 Å². The highest BCUT2D eigenvalue weighted by Gasteiger charge is 2.08. The van der Waals surface area contributed by atoms with Crippen LogP contribution in [0.3, 0.4) is 0 Å². The quantitative estimate of drug-likeness (QED) is 0.829. The molecule has 0 aliphatic carbocycles. The summed E-state index contributed by atoms with van der Waals surface area (Å²) in [6.07, 6.45) is 0. The Morgan fingerprint density at radius 2 is 1.74 bits per heavy atom. The molecule has 2 aromatic carbocycles. The first kappa shape index (κ1) is 16.4. The fourth-order valence-electron chi connectivity index (χ4n) is 1.88. The number of benzene rings is 2. The molecule has 1 amide bonds. The lowest BCUT2D eigenvalue weighted by atomic mass is 10.2. The van der Waals surface area contributed by atoms with E-state index in [-0.39, 0.29) is 12.5 Å². The second kappa shape index (κ2) is 7.84. The number of esters is 1. The summed E-state index contributed by atoms with van der Waals surface area (Å²) in [6, 6.07) is 13.4. The number of hydrogen-bond acceptors (Lipinski definition) is 5. The number of methoxy groups -OCH3 is 2. The summed E-state index contributed by atoms with van der Waals surface area (Å²) in [4.78, 5) is 23.4. The maximum absolute atomic E-state index is 11.9. The summed E-state index contributed by atoms with van der Waals surface area (Å²) in [5.41, 5.74) is 0.853. The van der Waals surface area contributed by atoms with Gasteiger partial charge in [0, 0.05) is 11.8 Å². The number of ether oxygens (including phenoxy) is 3. The third kappa shape index (κ3) is 4.74. The smallest absolute Gasteiger partial charge is 0.337 e. The molecule has 120 valence electrons. The van der Waals surface area contributed by atoms with Gasteiger partial charge in [0.2, 0.25) is 0 Å². The molecule has 0 aromatic heterocycles. The Morgan fingerprint density at radius 3 is 2.48 bits per heavy atom. The Kier molecular flexibility index (Phi) is 5.57. The van der Waals surface area contributed by atoms with Crippen molar-refractivity contribution < 1.29 is 23.8 Å². The van der Waals surface area contributed by atoms with Crippen LogP contribution in [0, 0.1) is 0 Å². The minimum absolute atomic E-state index is 0.157. The SMILES string of the molecule is COC(=O)c1cccc(NC(=O)COc2cccc(OC)c2)c1. The Balaban J connectivity index is 1.93.